The first kappa shape index (κ1) is 34.2. The van der Waals surface area contributed by atoms with Crippen molar-refractivity contribution in [3.63, 3.8) is 0 Å². The number of benzene rings is 3. The molecule has 278 valence electrons. The number of methoxy groups -OCH3 is 3. The first-order chi connectivity index (χ1) is 25.6. The van der Waals surface area contributed by atoms with Crippen LogP contribution in [-0.4, -0.2) is 98.2 Å². The van der Waals surface area contributed by atoms with Crippen molar-refractivity contribution in [1.29, 1.82) is 5.26 Å². The maximum absolute atomic E-state index is 14.7. The van der Waals surface area contributed by atoms with E-state index in [1.165, 1.54) is 7.11 Å². The molecule has 0 radical (unpaired) electrons. The van der Waals surface area contributed by atoms with Gasteiger partial charge in [-0.2, -0.15) is 5.26 Å². The third-order valence-electron chi connectivity index (χ3n) is 12.4. The lowest BCUT2D eigenvalue weighted by atomic mass is 9.71. The number of thioether (sulfide) groups is 1. The maximum Gasteiger partial charge on any atom is 0.331 e. The number of esters is 1. The first-order valence-electron chi connectivity index (χ1n) is 17.8. The van der Waals surface area contributed by atoms with E-state index >= 15 is 0 Å². The quantitative estimate of drug-likeness (QED) is 0.330. The summed E-state index contributed by atoms with van der Waals surface area (Å²) in [6, 6.07) is 5.88. The van der Waals surface area contributed by atoms with E-state index in [1.807, 2.05) is 20.9 Å². The van der Waals surface area contributed by atoms with Crippen LogP contribution in [0.3, 0.4) is 0 Å². The summed E-state index contributed by atoms with van der Waals surface area (Å²) in [6.07, 6.45) is 1.14. The van der Waals surface area contributed by atoms with Crippen LogP contribution in [0.1, 0.15) is 61.8 Å². The fourth-order valence-electron chi connectivity index (χ4n) is 10.2. The summed E-state index contributed by atoms with van der Waals surface area (Å²) in [5.41, 5.74) is 5.29. The Balaban J connectivity index is 1.32. The predicted molar refractivity (Wildman–Crippen MR) is 193 cm³/mol. The number of rotatable bonds is 3. The van der Waals surface area contributed by atoms with Gasteiger partial charge >= 0.3 is 5.97 Å². The van der Waals surface area contributed by atoms with Gasteiger partial charge in [0, 0.05) is 46.6 Å². The average molecular weight is 743 g/mol. The van der Waals surface area contributed by atoms with Crippen LogP contribution in [0.4, 0.5) is 0 Å². The van der Waals surface area contributed by atoms with Crippen molar-refractivity contribution in [3.05, 3.63) is 62.7 Å². The van der Waals surface area contributed by atoms with Gasteiger partial charge in [0.25, 0.3) is 0 Å². The Kier molecular flexibility index (Phi) is 7.91. The number of aryl methyl sites for hydroxylation is 1. The standard InChI is InChI=1S/C39H42N4O9S/c1-17-9-20-10-22-23(13-40)43-24-14-50-38(46)39(21-12-26(47-4)25(44)11-19(21)7-8-41-39)15-53-37(31(43)30(42(22)3)27(20)32(45)33(17)48-5)29-28(24)36-35(51-16-52-36)18(2)34(29)49-6/h9,11-12,22-24,30-31,37,41,44-45H,7-8,10,14-16H2,1-6H3/t22-,23-,24-,30-,31?,37+,39+/m0/s1. The molecule has 0 saturated carbocycles. The molecule has 53 heavy (non-hydrogen) atoms. The molecule has 0 amide bonds. The predicted octanol–water partition coefficient (Wildman–Crippen LogP) is 4.07. The summed E-state index contributed by atoms with van der Waals surface area (Å²) in [5.74, 6) is 2.36. The van der Waals surface area contributed by atoms with Gasteiger partial charge < -0.3 is 38.6 Å². The van der Waals surface area contributed by atoms with Crippen molar-refractivity contribution in [2.45, 2.75) is 67.7 Å². The molecular formula is C39H42N4O9S. The van der Waals surface area contributed by atoms with Crippen molar-refractivity contribution >= 4 is 17.7 Å². The van der Waals surface area contributed by atoms with Crippen LogP contribution in [0, 0.1) is 25.2 Å². The highest BCUT2D eigenvalue weighted by Crippen LogP contribution is 2.64. The zero-order valence-corrected chi connectivity index (χ0v) is 31.3. The van der Waals surface area contributed by atoms with Crippen molar-refractivity contribution in [2.24, 2.45) is 0 Å². The van der Waals surface area contributed by atoms with E-state index < -0.39 is 34.9 Å². The van der Waals surface area contributed by atoms with Gasteiger partial charge in [-0.25, -0.2) is 4.79 Å². The molecule has 0 aliphatic carbocycles. The number of nitriles is 1. The molecule has 13 nitrogen and oxygen atoms in total. The molecule has 2 fully saturated rings. The van der Waals surface area contributed by atoms with E-state index in [-0.39, 0.29) is 48.5 Å². The number of piperazine rings is 1. The summed E-state index contributed by atoms with van der Waals surface area (Å²) in [6.45, 7) is 4.30. The highest BCUT2D eigenvalue weighted by molar-refractivity contribution is 7.99. The van der Waals surface area contributed by atoms with Crippen LogP contribution in [0.15, 0.2) is 18.2 Å². The maximum atomic E-state index is 14.7. The second kappa shape index (κ2) is 12.2. The number of hydrogen-bond acceptors (Lipinski definition) is 14. The molecule has 7 aliphatic heterocycles. The Morgan fingerprint density at radius 3 is 2.51 bits per heavy atom. The van der Waals surface area contributed by atoms with Crippen LogP contribution in [-0.2, 0) is 27.9 Å². The molecule has 3 aromatic carbocycles. The van der Waals surface area contributed by atoms with Crippen LogP contribution in [0.25, 0.3) is 0 Å². The highest BCUT2D eigenvalue weighted by Gasteiger charge is 2.61. The zero-order chi connectivity index (χ0) is 37.1. The number of aromatic hydroxyl groups is 2. The van der Waals surface area contributed by atoms with Crippen LogP contribution < -0.4 is 29.0 Å². The monoisotopic (exact) mass is 742 g/mol. The van der Waals surface area contributed by atoms with Crippen molar-refractivity contribution in [1.82, 2.24) is 15.1 Å². The summed E-state index contributed by atoms with van der Waals surface area (Å²) in [4.78, 5) is 19.2. The van der Waals surface area contributed by atoms with Gasteiger partial charge in [0.1, 0.15) is 18.4 Å². The third kappa shape index (κ3) is 4.51. The topological polar surface area (TPSA) is 155 Å². The van der Waals surface area contributed by atoms with E-state index in [0.717, 1.165) is 38.9 Å². The smallest absolute Gasteiger partial charge is 0.331 e. The number of ether oxygens (including phenoxy) is 6. The van der Waals surface area contributed by atoms with Gasteiger partial charge in [0.2, 0.25) is 6.79 Å². The minimum absolute atomic E-state index is 0.00729. The largest absolute Gasteiger partial charge is 0.504 e. The van der Waals surface area contributed by atoms with E-state index in [0.29, 0.717) is 47.9 Å². The van der Waals surface area contributed by atoms with E-state index in [4.69, 9.17) is 28.4 Å². The molecule has 1 spiro atoms. The number of phenolic OH excluding ortho intramolecular Hbond substituents is 2. The molecule has 2 saturated heterocycles. The van der Waals surface area contributed by atoms with Crippen molar-refractivity contribution in [2.75, 3.05) is 54.1 Å². The molecule has 10 rings (SSSR count). The SMILES string of the molecule is COc1cc2c(cc1O)CCN[C@]21CS[C@@H]2c3c(OC)c(C)c4c(c3[C@H](COC1=O)N1C2[C@@H]2c3c(cc(C)c(OC)c3O)C[C@@H]([C@@H]1C#N)N2C)OCO4. The minimum Gasteiger partial charge on any atom is -0.504 e. The number of nitrogens with zero attached hydrogens (tertiary/aromatic N) is 3. The molecular weight excluding hydrogens is 701 g/mol. The molecule has 14 heteroatoms. The average Bonchev–Trinajstić information content (AvgIpc) is 3.64. The highest BCUT2D eigenvalue weighted by atomic mass is 32.2. The summed E-state index contributed by atoms with van der Waals surface area (Å²) < 4.78 is 36.3. The molecule has 1 unspecified atom stereocenters. The molecule has 7 heterocycles. The Morgan fingerprint density at radius 1 is 1.00 bits per heavy atom. The molecule has 7 atom stereocenters. The molecule has 3 aromatic rings. The summed E-state index contributed by atoms with van der Waals surface area (Å²) in [5, 5.41) is 37.0. The second-order valence-corrected chi connectivity index (χ2v) is 15.8. The lowest BCUT2D eigenvalue weighted by molar-refractivity contribution is -0.157. The van der Waals surface area contributed by atoms with Crippen molar-refractivity contribution in [3.8, 4) is 46.3 Å². The lowest BCUT2D eigenvalue weighted by Crippen LogP contribution is -2.69. The second-order valence-electron chi connectivity index (χ2n) is 14.7. The van der Waals surface area contributed by atoms with Crippen LogP contribution >= 0.6 is 11.8 Å². The van der Waals surface area contributed by atoms with Gasteiger partial charge in [-0.15, -0.1) is 11.8 Å². The Bertz CT molecular complexity index is 2120. The van der Waals surface area contributed by atoms with E-state index in [1.54, 1.807) is 38.1 Å². The molecule has 0 aromatic heterocycles. The normalized spacial score (nSPS) is 29.6. The first-order valence-corrected chi connectivity index (χ1v) is 18.9. The number of hydrogen-bond donors (Lipinski definition) is 3. The Labute approximate surface area is 311 Å². The van der Waals surface area contributed by atoms with Crippen LogP contribution in [0.5, 0.6) is 40.2 Å². The molecule has 3 N–H and O–H groups in total. The molecule has 4 bridgehead atoms. The third-order valence-corrected chi connectivity index (χ3v) is 13.9. The number of phenols is 2. The fourth-order valence-corrected chi connectivity index (χ4v) is 11.9. The van der Waals surface area contributed by atoms with Gasteiger partial charge in [-0.3, -0.25) is 15.1 Å². The number of fused-ring (bicyclic) bond motifs is 9. The molecule has 7 aliphatic rings. The minimum atomic E-state index is -1.29. The Hall–Kier alpha value is -4.55. The lowest BCUT2D eigenvalue weighted by Gasteiger charge is -2.62. The fraction of sp³-hybridized carbons (Fsp3) is 0.487. The van der Waals surface area contributed by atoms with Gasteiger partial charge in [0.05, 0.1) is 44.7 Å². The number of likely N-dealkylation sites (N-methyl/N-ethyl adjacent to an activating group) is 1. The van der Waals surface area contributed by atoms with Gasteiger partial charge in [-0.05, 0) is 68.1 Å². The van der Waals surface area contributed by atoms with Gasteiger partial charge in [0.15, 0.2) is 40.0 Å². The number of carbonyl (C=O) groups excluding carboxylic acids is 1. The summed E-state index contributed by atoms with van der Waals surface area (Å²) >= 11 is 1.58. The van der Waals surface area contributed by atoms with Gasteiger partial charge in [-0.1, -0.05) is 6.07 Å². The number of nitrogens with one attached hydrogen (secondary N) is 1. The summed E-state index contributed by atoms with van der Waals surface area (Å²) in [7, 11) is 6.73. The Morgan fingerprint density at radius 2 is 1.77 bits per heavy atom. The number of carbonyl (C=O) groups is 1. The van der Waals surface area contributed by atoms with Crippen LogP contribution in [0.2, 0.25) is 0 Å². The van der Waals surface area contributed by atoms with Crippen molar-refractivity contribution < 1.29 is 43.4 Å². The van der Waals surface area contributed by atoms with E-state index in [2.05, 4.69) is 27.3 Å². The zero-order valence-electron chi connectivity index (χ0n) is 30.4. The van der Waals surface area contributed by atoms with E-state index in [9.17, 15) is 20.3 Å².